The van der Waals surface area contributed by atoms with Crippen LogP contribution in [0.5, 0.6) is 0 Å². The van der Waals surface area contributed by atoms with Gasteiger partial charge in [-0.3, -0.25) is 4.79 Å². The van der Waals surface area contributed by atoms with Gasteiger partial charge in [-0.25, -0.2) is 0 Å². The van der Waals surface area contributed by atoms with Gasteiger partial charge in [0.15, 0.2) is 0 Å². The molecule has 1 saturated carbocycles. The fraction of sp³-hybridized carbons (Fsp3) is 0.417. The molecule has 2 rings (SSSR count). The van der Waals surface area contributed by atoms with Gasteiger partial charge >= 0.3 is 0 Å². The van der Waals surface area contributed by atoms with Crippen LogP contribution in [0, 0.1) is 0 Å². The Morgan fingerprint density at radius 3 is 2.75 bits per heavy atom. The van der Waals surface area contributed by atoms with Crippen molar-refractivity contribution in [2.45, 2.75) is 18.9 Å². The molecule has 0 bridgehead atoms. The van der Waals surface area contributed by atoms with Crippen LogP contribution in [0.4, 0.5) is 11.4 Å². The number of rotatable bonds is 3. The maximum Gasteiger partial charge on any atom is 0.251 e. The van der Waals surface area contributed by atoms with E-state index in [0.717, 1.165) is 11.4 Å². The zero-order valence-electron chi connectivity index (χ0n) is 9.66. The fourth-order valence-corrected chi connectivity index (χ4v) is 1.79. The van der Waals surface area contributed by atoms with Crippen molar-refractivity contribution in [3.05, 3.63) is 23.8 Å². The number of anilines is 2. The predicted molar refractivity (Wildman–Crippen MR) is 65.7 cm³/mol. The van der Waals surface area contributed by atoms with E-state index in [0.29, 0.717) is 11.6 Å². The topological polar surface area (TPSA) is 58.4 Å². The van der Waals surface area contributed by atoms with Crippen LogP contribution >= 0.6 is 0 Å². The summed E-state index contributed by atoms with van der Waals surface area (Å²) in [4.78, 5) is 13.7. The minimum Gasteiger partial charge on any atom is -0.397 e. The standard InChI is InChI=1S/C12H17N3O/c1-14-12(16)8-3-6-10(13)11(7-8)15(2)9-4-5-9/h3,6-7,9H,4-5,13H2,1-2H3,(H,14,16). The average molecular weight is 219 g/mol. The van der Waals surface area contributed by atoms with Gasteiger partial charge in [0, 0.05) is 25.7 Å². The average Bonchev–Trinajstić information content (AvgIpc) is 3.11. The molecule has 0 heterocycles. The van der Waals surface area contributed by atoms with Gasteiger partial charge in [0.05, 0.1) is 11.4 Å². The van der Waals surface area contributed by atoms with E-state index in [-0.39, 0.29) is 5.91 Å². The zero-order chi connectivity index (χ0) is 11.7. The van der Waals surface area contributed by atoms with Gasteiger partial charge in [0.1, 0.15) is 0 Å². The van der Waals surface area contributed by atoms with E-state index in [1.54, 1.807) is 19.2 Å². The van der Waals surface area contributed by atoms with Gasteiger partial charge < -0.3 is 16.0 Å². The van der Waals surface area contributed by atoms with Crippen molar-refractivity contribution < 1.29 is 4.79 Å². The second kappa shape index (κ2) is 4.04. The van der Waals surface area contributed by atoms with E-state index in [1.807, 2.05) is 13.1 Å². The van der Waals surface area contributed by atoms with Crippen LogP contribution in [0.3, 0.4) is 0 Å². The molecule has 0 unspecified atom stereocenters. The molecule has 1 aliphatic carbocycles. The summed E-state index contributed by atoms with van der Waals surface area (Å²) in [6, 6.07) is 5.98. The predicted octanol–water partition coefficient (Wildman–Crippen LogP) is 1.23. The molecule has 0 aliphatic heterocycles. The maximum atomic E-state index is 11.5. The molecule has 1 aliphatic rings. The molecular weight excluding hydrogens is 202 g/mol. The van der Waals surface area contributed by atoms with Crippen LogP contribution < -0.4 is 16.0 Å². The SMILES string of the molecule is CNC(=O)c1ccc(N)c(N(C)C2CC2)c1. The molecule has 3 N–H and O–H groups in total. The summed E-state index contributed by atoms with van der Waals surface area (Å²) in [6.45, 7) is 0. The summed E-state index contributed by atoms with van der Waals surface area (Å²) in [7, 11) is 3.65. The molecule has 1 aromatic rings. The number of nitrogens with one attached hydrogen (secondary N) is 1. The number of carbonyl (C=O) groups is 1. The Morgan fingerprint density at radius 2 is 2.19 bits per heavy atom. The third kappa shape index (κ3) is 1.96. The first kappa shape index (κ1) is 10.8. The van der Waals surface area contributed by atoms with Crippen molar-refractivity contribution in [1.82, 2.24) is 5.32 Å². The Hall–Kier alpha value is -1.71. The number of hydrogen-bond donors (Lipinski definition) is 2. The Kier molecular flexibility index (Phi) is 2.73. The Bertz CT molecular complexity index is 413. The molecule has 1 amide bonds. The van der Waals surface area contributed by atoms with Crippen molar-refractivity contribution in [3.8, 4) is 0 Å². The summed E-state index contributed by atoms with van der Waals surface area (Å²) in [5.74, 6) is -0.0783. The molecule has 86 valence electrons. The molecule has 16 heavy (non-hydrogen) atoms. The summed E-state index contributed by atoms with van der Waals surface area (Å²) in [6.07, 6.45) is 2.42. The number of hydrogen-bond acceptors (Lipinski definition) is 3. The molecule has 1 fully saturated rings. The van der Waals surface area contributed by atoms with Gasteiger partial charge in [0.25, 0.3) is 5.91 Å². The lowest BCUT2D eigenvalue weighted by molar-refractivity contribution is 0.0963. The number of benzene rings is 1. The molecule has 1 aromatic carbocycles. The summed E-state index contributed by atoms with van der Waals surface area (Å²) in [5.41, 5.74) is 8.25. The number of amides is 1. The van der Waals surface area contributed by atoms with E-state index in [1.165, 1.54) is 12.8 Å². The Labute approximate surface area is 95.4 Å². The molecule has 0 atom stereocenters. The first-order valence-electron chi connectivity index (χ1n) is 5.48. The third-order valence-electron chi connectivity index (χ3n) is 2.99. The highest BCUT2D eigenvalue weighted by atomic mass is 16.1. The number of nitrogen functional groups attached to an aromatic ring is 1. The van der Waals surface area contributed by atoms with Crippen molar-refractivity contribution in [2.75, 3.05) is 24.7 Å². The molecule has 0 radical (unpaired) electrons. The van der Waals surface area contributed by atoms with E-state index >= 15 is 0 Å². The van der Waals surface area contributed by atoms with E-state index in [2.05, 4.69) is 10.2 Å². The lowest BCUT2D eigenvalue weighted by Crippen LogP contribution is -2.22. The lowest BCUT2D eigenvalue weighted by atomic mass is 10.1. The Balaban J connectivity index is 2.31. The molecule has 0 spiro atoms. The first-order valence-corrected chi connectivity index (χ1v) is 5.48. The van der Waals surface area contributed by atoms with E-state index in [4.69, 9.17) is 5.73 Å². The number of nitrogens with zero attached hydrogens (tertiary/aromatic N) is 1. The molecule has 4 nitrogen and oxygen atoms in total. The summed E-state index contributed by atoms with van der Waals surface area (Å²) >= 11 is 0. The Morgan fingerprint density at radius 1 is 1.50 bits per heavy atom. The lowest BCUT2D eigenvalue weighted by Gasteiger charge is -2.21. The van der Waals surface area contributed by atoms with Crippen molar-refractivity contribution in [1.29, 1.82) is 0 Å². The van der Waals surface area contributed by atoms with E-state index < -0.39 is 0 Å². The van der Waals surface area contributed by atoms with Gasteiger partial charge in [0.2, 0.25) is 0 Å². The molecular formula is C12H17N3O. The van der Waals surface area contributed by atoms with Crippen LogP contribution in [-0.2, 0) is 0 Å². The zero-order valence-corrected chi connectivity index (χ0v) is 9.66. The molecule has 0 saturated heterocycles. The third-order valence-corrected chi connectivity index (χ3v) is 2.99. The highest BCUT2D eigenvalue weighted by Crippen LogP contribution is 2.33. The second-order valence-corrected chi connectivity index (χ2v) is 4.19. The highest BCUT2D eigenvalue weighted by molar-refractivity contribution is 5.96. The van der Waals surface area contributed by atoms with Crippen LogP contribution in [-0.4, -0.2) is 26.0 Å². The van der Waals surface area contributed by atoms with E-state index in [9.17, 15) is 4.79 Å². The van der Waals surface area contributed by atoms with Crippen molar-refractivity contribution in [2.24, 2.45) is 0 Å². The summed E-state index contributed by atoms with van der Waals surface area (Å²) < 4.78 is 0. The van der Waals surface area contributed by atoms with Crippen LogP contribution in [0.2, 0.25) is 0 Å². The first-order chi connectivity index (χ1) is 7.63. The van der Waals surface area contributed by atoms with Gasteiger partial charge in [-0.2, -0.15) is 0 Å². The summed E-state index contributed by atoms with van der Waals surface area (Å²) in [5, 5.41) is 2.61. The second-order valence-electron chi connectivity index (χ2n) is 4.19. The molecule has 4 heteroatoms. The quantitative estimate of drug-likeness (QED) is 0.752. The maximum absolute atomic E-state index is 11.5. The molecule has 0 aromatic heterocycles. The van der Waals surface area contributed by atoms with Crippen LogP contribution in [0.15, 0.2) is 18.2 Å². The number of carbonyl (C=O) groups excluding carboxylic acids is 1. The highest BCUT2D eigenvalue weighted by Gasteiger charge is 2.27. The van der Waals surface area contributed by atoms with Crippen LogP contribution in [0.25, 0.3) is 0 Å². The van der Waals surface area contributed by atoms with Crippen LogP contribution in [0.1, 0.15) is 23.2 Å². The minimum atomic E-state index is -0.0783. The smallest absolute Gasteiger partial charge is 0.251 e. The number of nitrogens with two attached hydrogens (primary N) is 1. The van der Waals surface area contributed by atoms with Gasteiger partial charge in [-0.1, -0.05) is 0 Å². The van der Waals surface area contributed by atoms with Gasteiger partial charge in [-0.05, 0) is 31.0 Å². The largest absolute Gasteiger partial charge is 0.397 e. The fourth-order valence-electron chi connectivity index (χ4n) is 1.79. The normalized spacial score (nSPS) is 14.6. The monoisotopic (exact) mass is 219 g/mol. The van der Waals surface area contributed by atoms with Gasteiger partial charge in [-0.15, -0.1) is 0 Å². The minimum absolute atomic E-state index is 0.0783. The van der Waals surface area contributed by atoms with Crippen molar-refractivity contribution in [3.63, 3.8) is 0 Å². The van der Waals surface area contributed by atoms with Crippen molar-refractivity contribution >= 4 is 17.3 Å².